The fourth-order valence-corrected chi connectivity index (χ4v) is 1.11. The fourth-order valence-electron chi connectivity index (χ4n) is 1.11. The van der Waals surface area contributed by atoms with Crippen molar-refractivity contribution >= 4 is 16.9 Å². The maximum absolute atomic E-state index is 11.4. The third-order valence-corrected chi connectivity index (χ3v) is 1.98. The summed E-state index contributed by atoms with van der Waals surface area (Å²) in [4.78, 5) is 21.6. The lowest BCUT2D eigenvalue weighted by molar-refractivity contribution is -0.148. The smallest absolute Gasteiger partial charge is 0.318 e. The number of nitrogens with zero attached hydrogens (tertiary/aromatic N) is 3. The minimum atomic E-state index is -0.309. The highest BCUT2D eigenvalue weighted by Crippen LogP contribution is 2.09. The average Bonchev–Trinajstić information content (AvgIpc) is 2.62. The molecule has 0 unspecified atom stereocenters. The molecule has 0 saturated heterocycles. The van der Waals surface area contributed by atoms with E-state index in [4.69, 9.17) is 4.84 Å². The number of aromatic nitrogens is 3. The molecule has 0 radical (unpaired) electrons. The number of hydrogen-bond donors (Lipinski definition) is 0. The van der Waals surface area contributed by atoms with Crippen LogP contribution < -0.4 is 4.84 Å². The SMILES string of the molecule is CC(C)C(=O)On1ncc2cnccc21. The van der Waals surface area contributed by atoms with Crippen LogP contribution in [0.2, 0.25) is 0 Å². The zero-order valence-corrected chi connectivity index (χ0v) is 8.54. The molecular formula is C10H11N3O2. The first-order chi connectivity index (χ1) is 7.18. The van der Waals surface area contributed by atoms with Gasteiger partial charge in [0.05, 0.1) is 12.1 Å². The van der Waals surface area contributed by atoms with E-state index in [0.29, 0.717) is 0 Å². The van der Waals surface area contributed by atoms with Crippen LogP contribution in [0.4, 0.5) is 0 Å². The number of carbonyl (C=O) groups is 1. The van der Waals surface area contributed by atoms with Crippen LogP contribution in [0, 0.1) is 5.92 Å². The van der Waals surface area contributed by atoms with Crippen molar-refractivity contribution in [1.82, 2.24) is 14.9 Å². The fraction of sp³-hybridized carbons (Fsp3) is 0.300. The molecule has 0 amide bonds. The van der Waals surface area contributed by atoms with Crippen LogP contribution in [-0.4, -0.2) is 20.9 Å². The molecule has 0 atom stereocenters. The Kier molecular flexibility index (Phi) is 2.37. The lowest BCUT2D eigenvalue weighted by Gasteiger charge is -2.05. The molecule has 2 heterocycles. The summed E-state index contributed by atoms with van der Waals surface area (Å²) in [6.45, 7) is 3.55. The molecule has 2 rings (SSSR count). The molecule has 0 aliphatic heterocycles. The Hall–Kier alpha value is -1.91. The van der Waals surface area contributed by atoms with Gasteiger partial charge in [-0.25, -0.2) is 4.79 Å². The third kappa shape index (κ3) is 1.81. The minimum Gasteiger partial charge on any atom is -0.318 e. The van der Waals surface area contributed by atoms with Crippen molar-refractivity contribution in [2.45, 2.75) is 13.8 Å². The Balaban J connectivity index is 2.33. The van der Waals surface area contributed by atoms with Gasteiger partial charge < -0.3 is 4.84 Å². The van der Waals surface area contributed by atoms with Gasteiger partial charge in [-0.05, 0) is 6.07 Å². The Morgan fingerprint density at radius 2 is 2.27 bits per heavy atom. The topological polar surface area (TPSA) is 57.0 Å². The van der Waals surface area contributed by atoms with Crippen molar-refractivity contribution in [3.63, 3.8) is 0 Å². The Morgan fingerprint density at radius 3 is 3.00 bits per heavy atom. The minimum absolute atomic E-state index is 0.175. The van der Waals surface area contributed by atoms with Crippen LogP contribution in [0.25, 0.3) is 10.9 Å². The zero-order chi connectivity index (χ0) is 10.8. The lowest BCUT2D eigenvalue weighted by atomic mass is 10.2. The molecule has 0 N–H and O–H groups in total. The summed E-state index contributed by atoms with van der Waals surface area (Å²) in [5.74, 6) is -0.483. The van der Waals surface area contributed by atoms with Crippen LogP contribution >= 0.6 is 0 Å². The average molecular weight is 205 g/mol. The van der Waals surface area contributed by atoms with Gasteiger partial charge in [0, 0.05) is 17.8 Å². The number of pyridine rings is 1. The molecular weight excluding hydrogens is 194 g/mol. The van der Waals surface area contributed by atoms with Gasteiger partial charge in [0.15, 0.2) is 0 Å². The monoisotopic (exact) mass is 205 g/mol. The molecule has 0 spiro atoms. The van der Waals surface area contributed by atoms with E-state index in [1.54, 1.807) is 38.5 Å². The van der Waals surface area contributed by atoms with Crippen LogP contribution in [0.1, 0.15) is 13.8 Å². The maximum Gasteiger partial charge on any atom is 0.337 e. The highest BCUT2D eigenvalue weighted by Gasteiger charge is 2.12. The molecule has 5 nitrogen and oxygen atoms in total. The standard InChI is InChI=1S/C10H11N3O2/c1-7(2)10(14)15-13-9-3-4-11-5-8(9)6-12-13/h3-7H,1-2H3. The summed E-state index contributed by atoms with van der Waals surface area (Å²) in [5, 5.41) is 4.79. The van der Waals surface area contributed by atoms with Gasteiger partial charge >= 0.3 is 5.97 Å². The van der Waals surface area contributed by atoms with E-state index < -0.39 is 0 Å². The molecule has 2 aromatic rings. The summed E-state index contributed by atoms with van der Waals surface area (Å²) in [6.07, 6.45) is 4.90. The second-order valence-electron chi connectivity index (χ2n) is 3.52. The van der Waals surface area contributed by atoms with Crippen molar-refractivity contribution in [1.29, 1.82) is 0 Å². The van der Waals surface area contributed by atoms with E-state index in [2.05, 4.69) is 10.1 Å². The van der Waals surface area contributed by atoms with Crippen molar-refractivity contribution in [3.8, 4) is 0 Å². The van der Waals surface area contributed by atoms with E-state index in [1.807, 2.05) is 0 Å². The zero-order valence-electron chi connectivity index (χ0n) is 8.54. The van der Waals surface area contributed by atoms with Crippen molar-refractivity contribution in [2.75, 3.05) is 0 Å². The molecule has 0 aliphatic rings. The summed E-state index contributed by atoms with van der Waals surface area (Å²) < 4.78 is 0. The second kappa shape index (κ2) is 3.68. The van der Waals surface area contributed by atoms with Crippen LogP contribution in [0.5, 0.6) is 0 Å². The number of hydrogen-bond acceptors (Lipinski definition) is 4. The highest BCUT2D eigenvalue weighted by molar-refractivity contribution is 5.78. The quantitative estimate of drug-likeness (QED) is 0.735. The van der Waals surface area contributed by atoms with Crippen molar-refractivity contribution in [2.24, 2.45) is 5.92 Å². The van der Waals surface area contributed by atoms with Gasteiger partial charge in [0.1, 0.15) is 5.52 Å². The third-order valence-electron chi connectivity index (χ3n) is 1.98. The van der Waals surface area contributed by atoms with Gasteiger partial charge in [0.2, 0.25) is 0 Å². The Morgan fingerprint density at radius 1 is 1.47 bits per heavy atom. The normalized spacial score (nSPS) is 10.9. The highest BCUT2D eigenvalue weighted by atomic mass is 16.7. The largest absolute Gasteiger partial charge is 0.337 e. The molecule has 5 heteroatoms. The summed E-state index contributed by atoms with van der Waals surface area (Å²) in [7, 11) is 0. The Bertz CT molecular complexity index is 490. The van der Waals surface area contributed by atoms with E-state index in [1.165, 1.54) is 4.85 Å². The molecule has 0 bridgehead atoms. The molecule has 0 saturated carbocycles. The molecule has 78 valence electrons. The van der Waals surface area contributed by atoms with Crippen molar-refractivity contribution in [3.05, 3.63) is 24.7 Å². The first-order valence-electron chi connectivity index (χ1n) is 4.68. The number of fused-ring (bicyclic) bond motifs is 1. The van der Waals surface area contributed by atoms with E-state index in [0.717, 1.165) is 10.9 Å². The Labute approximate surface area is 86.6 Å². The predicted octanol–water partition coefficient (Wildman–Crippen LogP) is 1.04. The first-order valence-corrected chi connectivity index (χ1v) is 4.68. The summed E-state index contributed by atoms with van der Waals surface area (Å²) >= 11 is 0. The number of carbonyl (C=O) groups excluding carboxylic acids is 1. The van der Waals surface area contributed by atoms with E-state index in [9.17, 15) is 4.79 Å². The predicted molar refractivity (Wildman–Crippen MR) is 54.0 cm³/mol. The second-order valence-corrected chi connectivity index (χ2v) is 3.52. The summed E-state index contributed by atoms with van der Waals surface area (Å²) in [5.41, 5.74) is 0.735. The molecule has 15 heavy (non-hydrogen) atoms. The van der Waals surface area contributed by atoms with E-state index >= 15 is 0 Å². The maximum atomic E-state index is 11.4. The molecule has 0 fully saturated rings. The van der Waals surface area contributed by atoms with Crippen molar-refractivity contribution < 1.29 is 9.63 Å². The van der Waals surface area contributed by atoms with Gasteiger partial charge in [-0.1, -0.05) is 18.7 Å². The molecule has 0 aliphatic carbocycles. The molecule has 0 aromatic carbocycles. The number of rotatable bonds is 2. The van der Waals surface area contributed by atoms with Gasteiger partial charge in [-0.3, -0.25) is 4.98 Å². The first kappa shape index (κ1) is 9.64. The van der Waals surface area contributed by atoms with Gasteiger partial charge in [-0.15, -0.1) is 5.10 Å². The molecule has 2 aromatic heterocycles. The lowest BCUT2D eigenvalue weighted by Crippen LogP contribution is -2.24. The van der Waals surface area contributed by atoms with Crippen LogP contribution in [-0.2, 0) is 4.79 Å². The van der Waals surface area contributed by atoms with Crippen LogP contribution in [0.3, 0.4) is 0 Å². The van der Waals surface area contributed by atoms with Crippen LogP contribution in [0.15, 0.2) is 24.7 Å². The van der Waals surface area contributed by atoms with E-state index in [-0.39, 0.29) is 11.9 Å². The van der Waals surface area contributed by atoms with Gasteiger partial charge in [0.25, 0.3) is 0 Å². The summed E-state index contributed by atoms with van der Waals surface area (Å²) in [6, 6.07) is 1.75. The van der Waals surface area contributed by atoms with Gasteiger partial charge in [-0.2, -0.15) is 0 Å².